The minimum atomic E-state index is 0.815. The van der Waals surface area contributed by atoms with E-state index in [0.717, 1.165) is 36.0 Å². The number of rotatable bonds is 10. The first-order valence-corrected chi connectivity index (χ1v) is 7.76. The van der Waals surface area contributed by atoms with Gasteiger partial charge in [0.2, 0.25) is 0 Å². The molecule has 0 aliphatic carbocycles. The van der Waals surface area contributed by atoms with Crippen molar-refractivity contribution in [1.29, 1.82) is 0 Å². The van der Waals surface area contributed by atoms with E-state index in [9.17, 15) is 0 Å². The van der Waals surface area contributed by atoms with Crippen LogP contribution >= 0.6 is 0 Å². The molecule has 0 heterocycles. The van der Waals surface area contributed by atoms with Gasteiger partial charge in [-0.25, -0.2) is 0 Å². The lowest BCUT2D eigenvalue weighted by molar-refractivity contribution is 0.414. The number of nitrogens with one attached hydrogen (secondary N) is 1. The van der Waals surface area contributed by atoms with Crippen molar-refractivity contribution >= 4 is 5.69 Å². The summed E-state index contributed by atoms with van der Waals surface area (Å²) in [5.41, 5.74) is 7.90. The smallest absolute Gasteiger partial charge is 0.119 e. The third-order valence-electron chi connectivity index (χ3n) is 3.55. The van der Waals surface area contributed by atoms with E-state index in [1.807, 2.05) is 18.2 Å². The molecule has 0 unspecified atom stereocenters. The predicted molar refractivity (Wildman–Crippen MR) is 87.0 cm³/mol. The summed E-state index contributed by atoms with van der Waals surface area (Å²) in [5.74, 6) is 1.70. The Morgan fingerprint density at radius 3 is 2.60 bits per heavy atom. The van der Waals surface area contributed by atoms with Crippen molar-refractivity contribution in [1.82, 2.24) is 5.32 Å². The second kappa shape index (κ2) is 9.65. The summed E-state index contributed by atoms with van der Waals surface area (Å²) in [6, 6.07) is 5.81. The Labute approximate surface area is 123 Å². The van der Waals surface area contributed by atoms with Gasteiger partial charge in [-0.05, 0) is 42.6 Å². The summed E-state index contributed by atoms with van der Waals surface area (Å²) in [7, 11) is 1.68. The van der Waals surface area contributed by atoms with Crippen LogP contribution in [0.4, 0.5) is 5.69 Å². The Hall–Kier alpha value is -1.22. The molecule has 3 heteroatoms. The van der Waals surface area contributed by atoms with Crippen molar-refractivity contribution in [3.8, 4) is 5.75 Å². The van der Waals surface area contributed by atoms with Gasteiger partial charge in [-0.2, -0.15) is 0 Å². The number of benzene rings is 1. The summed E-state index contributed by atoms with van der Waals surface area (Å²) >= 11 is 0. The molecule has 0 bridgehead atoms. The third-order valence-corrected chi connectivity index (χ3v) is 3.55. The van der Waals surface area contributed by atoms with Crippen molar-refractivity contribution < 1.29 is 4.74 Å². The Balaban J connectivity index is 2.12. The number of nitrogen functional groups attached to an aromatic ring is 1. The molecule has 20 heavy (non-hydrogen) atoms. The molecule has 0 radical (unpaired) electrons. The predicted octanol–water partition coefficient (Wildman–Crippen LogP) is 3.97. The van der Waals surface area contributed by atoms with E-state index in [1.54, 1.807) is 7.11 Å². The van der Waals surface area contributed by atoms with Crippen LogP contribution in [0.3, 0.4) is 0 Å². The summed E-state index contributed by atoms with van der Waals surface area (Å²) in [4.78, 5) is 0. The van der Waals surface area contributed by atoms with Crippen molar-refractivity contribution in [2.75, 3.05) is 19.4 Å². The maximum absolute atomic E-state index is 5.96. The largest absolute Gasteiger partial charge is 0.497 e. The quantitative estimate of drug-likeness (QED) is 0.503. The molecular formula is C17H30N2O. The number of nitrogens with two attached hydrogens (primary N) is 1. The van der Waals surface area contributed by atoms with Gasteiger partial charge >= 0.3 is 0 Å². The monoisotopic (exact) mass is 278 g/mol. The molecule has 0 aliphatic rings. The van der Waals surface area contributed by atoms with Gasteiger partial charge < -0.3 is 15.8 Å². The van der Waals surface area contributed by atoms with Gasteiger partial charge in [0.1, 0.15) is 5.75 Å². The Bertz CT molecular complexity index is 377. The average Bonchev–Trinajstić information content (AvgIpc) is 2.43. The van der Waals surface area contributed by atoms with Gasteiger partial charge in [0, 0.05) is 12.2 Å². The number of anilines is 1. The van der Waals surface area contributed by atoms with Crippen LogP contribution in [0.2, 0.25) is 0 Å². The van der Waals surface area contributed by atoms with E-state index < -0.39 is 0 Å². The molecule has 1 aromatic rings. The molecule has 1 rings (SSSR count). The molecule has 1 aromatic carbocycles. The topological polar surface area (TPSA) is 47.3 Å². The van der Waals surface area contributed by atoms with Crippen LogP contribution in [0.1, 0.15) is 51.5 Å². The molecule has 0 atom stereocenters. The van der Waals surface area contributed by atoms with Gasteiger partial charge in [0.25, 0.3) is 0 Å². The first-order chi connectivity index (χ1) is 9.63. The van der Waals surface area contributed by atoms with Crippen molar-refractivity contribution in [2.45, 2.75) is 52.5 Å². The molecule has 3 N–H and O–H groups in total. The zero-order chi connectivity index (χ0) is 14.8. The second-order valence-electron chi connectivity index (χ2n) is 5.84. The van der Waals surface area contributed by atoms with Crippen LogP contribution in [0.5, 0.6) is 5.75 Å². The van der Waals surface area contributed by atoms with Gasteiger partial charge in [0.15, 0.2) is 0 Å². The SMILES string of the molecule is COc1ccc(N)c(CNCCCCCCC(C)C)c1. The maximum atomic E-state index is 5.96. The van der Waals surface area contributed by atoms with Crippen LogP contribution in [0.15, 0.2) is 18.2 Å². The molecule has 114 valence electrons. The first-order valence-electron chi connectivity index (χ1n) is 7.76. The summed E-state index contributed by atoms with van der Waals surface area (Å²) < 4.78 is 5.22. The fourth-order valence-corrected chi connectivity index (χ4v) is 2.24. The lowest BCUT2D eigenvalue weighted by Crippen LogP contribution is -2.15. The average molecular weight is 278 g/mol. The minimum Gasteiger partial charge on any atom is -0.497 e. The Kier molecular flexibility index (Phi) is 8.12. The van der Waals surface area contributed by atoms with Crippen LogP contribution in [-0.4, -0.2) is 13.7 Å². The normalized spacial score (nSPS) is 11.0. The van der Waals surface area contributed by atoms with Gasteiger partial charge in [-0.3, -0.25) is 0 Å². The molecule has 0 aromatic heterocycles. The fraction of sp³-hybridized carbons (Fsp3) is 0.647. The molecule has 0 amide bonds. The van der Waals surface area contributed by atoms with Crippen LogP contribution in [0.25, 0.3) is 0 Å². The lowest BCUT2D eigenvalue weighted by Gasteiger charge is -2.09. The number of hydrogen-bond acceptors (Lipinski definition) is 3. The van der Waals surface area contributed by atoms with E-state index in [1.165, 1.54) is 32.1 Å². The van der Waals surface area contributed by atoms with Crippen LogP contribution < -0.4 is 15.8 Å². The highest BCUT2D eigenvalue weighted by Gasteiger charge is 2.01. The number of unbranched alkanes of at least 4 members (excludes halogenated alkanes) is 3. The summed E-state index contributed by atoms with van der Waals surface area (Å²) in [5, 5.41) is 3.46. The standard InChI is InChI=1S/C17H30N2O/c1-14(2)8-6-4-5-7-11-19-13-15-12-16(20-3)9-10-17(15)18/h9-10,12,14,19H,4-8,11,13,18H2,1-3H3. The van der Waals surface area contributed by atoms with Crippen molar-refractivity contribution in [3.05, 3.63) is 23.8 Å². The van der Waals surface area contributed by atoms with E-state index >= 15 is 0 Å². The number of hydrogen-bond donors (Lipinski definition) is 2. The van der Waals surface area contributed by atoms with Gasteiger partial charge in [-0.15, -0.1) is 0 Å². The fourth-order valence-electron chi connectivity index (χ4n) is 2.24. The zero-order valence-corrected chi connectivity index (χ0v) is 13.2. The van der Waals surface area contributed by atoms with Gasteiger partial charge in [0.05, 0.1) is 7.11 Å². The summed E-state index contributed by atoms with van der Waals surface area (Å²) in [6.07, 6.45) is 6.62. The number of ether oxygens (including phenoxy) is 1. The zero-order valence-electron chi connectivity index (χ0n) is 13.2. The van der Waals surface area contributed by atoms with E-state index in [4.69, 9.17) is 10.5 Å². The maximum Gasteiger partial charge on any atom is 0.119 e. The second-order valence-corrected chi connectivity index (χ2v) is 5.84. The molecule has 0 spiro atoms. The molecule has 0 saturated heterocycles. The molecule has 0 saturated carbocycles. The third kappa shape index (κ3) is 6.80. The minimum absolute atomic E-state index is 0.815. The Morgan fingerprint density at radius 1 is 1.15 bits per heavy atom. The van der Waals surface area contributed by atoms with E-state index in [0.29, 0.717) is 0 Å². The highest BCUT2D eigenvalue weighted by Crippen LogP contribution is 2.19. The molecule has 0 fully saturated rings. The van der Waals surface area contributed by atoms with Crippen LogP contribution in [-0.2, 0) is 6.54 Å². The molecule has 0 aliphatic heterocycles. The summed E-state index contributed by atoms with van der Waals surface area (Å²) in [6.45, 7) is 6.45. The van der Waals surface area contributed by atoms with Crippen molar-refractivity contribution in [2.24, 2.45) is 5.92 Å². The lowest BCUT2D eigenvalue weighted by atomic mass is 10.0. The van der Waals surface area contributed by atoms with Crippen molar-refractivity contribution in [3.63, 3.8) is 0 Å². The van der Waals surface area contributed by atoms with E-state index in [-0.39, 0.29) is 0 Å². The molecular weight excluding hydrogens is 248 g/mol. The number of methoxy groups -OCH3 is 1. The van der Waals surface area contributed by atoms with Gasteiger partial charge in [-0.1, -0.05) is 39.5 Å². The highest BCUT2D eigenvalue weighted by atomic mass is 16.5. The Morgan fingerprint density at radius 2 is 1.90 bits per heavy atom. The first kappa shape index (κ1) is 16.8. The highest BCUT2D eigenvalue weighted by molar-refractivity contribution is 5.50. The van der Waals surface area contributed by atoms with Crippen LogP contribution in [0, 0.1) is 5.92 Å². The molecule has 3 nitrogen and oxygen atoms in total. The van der Waals surface area contributed by atoms with E-state index in [2.05, 4.69) is 19.2 Å².